The summed E-state index contributed by atoms with van der Waals surface area (Å²) in [5, 5.41) is 0.311. The van der Waals surface area contributed by atoms with Crippen LogP contribution in [0.4, 0.5) is 25.0 Å². The zero-order valence-electron chi connectivity index (χ0n) is 29.9. The topological polar surface area (TPSA) is 95.4 Å². The summed E-state index contributed by atoms with van der Waals surface area (Å²) in [6.07, 6.45) is 2.70. The fraction of sp³-hybridized carbons (Fsp3) is 0.571. The van der Waals surface area contributed by atoms with Gasteiger partial charge in [0.2, 0.25) is 0 Å². The minimum atomic E-state index is -2.06. The normalized spacial score (nSPS) is 14.7. The largest absolute Gasteiger partial charge is 0.493 e. The number of carbonyl (C=O) groups excluding carboxylic acids is 1. The number of aromatic nitrogens is 2. The van der Waals surface area contributed by atoms with Crippen LogP contribution in [0, 0.1) is 11.6 Å². The Morgan fingerprint density at radius 1 is 1.00 bits per heavy atom. The number of fused-ring (bicyclic) bond motifs is 1. The molecule has 2 heterocycles. The van der Waals surface area contributed by atoms with Crippen molar-refractivity contribution in [1.29, 1.82) is 0 Å². The number of rotatable bonds is 10. The summed E-state index contributed by atoms with van der Waals surface area (Å²) >= 11 is 0. The van der Waals surface area contributed by atoms with E-state index in [0.29, 0.717) is 55.5 Å². The van der Waals surface area contributed by atoms with Crippen molar-refractivity contribution < 1.29 is 32.2 Å². The zero-order valence-corrected chi connectivity index (χ0v) is 30.9. The van der Waals surface area contributed by atoms with Gasteiger partial charge >= 0.3 is 6.09 Å². The van der Waals surface area contributed by atoms with E-state index in [1.165, 1.54) is 31.5 Å². The third-order valence-electron chi connectivity index (χ3n) is 9.20. The molecule has 1 fully saturated rings. The minimum absolute atomic E-state index is 0.00264. The maximum Gasteiger partial charge on any atom is 0.410 e. The summed E-state index contributed by atoms with van der Waals surface area (Å²) in [7, 11) is 0.547. The van der Waals surface area contributed by atoms with Crippen LogP contribution in [0.25, 0.3) is 10.9 Å². The molecular formula is C35H50F2N4O6Si. The highest BCUT2D eigenvalue weighted by Gasteiger charge is 2.37. The Morgan fingerprint density at radius 3 is 2.15 bits per heavy atom. The molecular weight excluding hydrogens is 638 g/mol. The molecule has 48 heavy (non-hydrogen) atoms. The van der Waals surface area contributed by atoms with E-state index in [9.17, 15) is 9.59 Å². The van der Waals surface area contributed by atoms with Crippen LogP contribution < -0.4 is 19.9 Å². The van der Waals surface area contributed by atoms with Crippen molar-refractivity contribution in [2.75, 3.05) is 45.4 Å². The van der Waals surface area contributed by atoms with Crippen LogP contribution in [0.15, 0.2) is 35.4 Å². The summed E-state index contributed by atoms with van der Waals surface area (Å²) in [6.45, 7) is 17.7. The average molecular weight is 689 g/mol. The number of amides is 1. The van der Waals surface area contributed by atoms with E-state index in [2.05, 4.69) is 38.8 Å². The lowest BCUT2D eigenvalue weighted by atomic mass is 10.0. The molecule has 1 saturated heterocycles. The van der Waals surface area contributed by atoms with Gasteiger partial charge in [0.15, 0.2) is 31.5 Å². The van der Waals surface area contributed by atoms with Gasteiger partial charge < -0.3 is 28.4 Å². The second-order valence-corrected chi connectivity index (χ2v) is 19.5. The Kier molecular flexibility index (Phi) is 11.1. The van der Waals surface area contributed by atoms with E-state index in [1.807, 2.05) is 20.8 Å². The van der Waals surface area contributed by atoms with Crippen LogP contribution in [0.5, 0.6) is 11.5 Å². The second kappa shape index (κ2) is 14.4. The van der Waals surface area contributed by atoms with Crippen molar-refractivity contribution in [2.24, 2.45) is 0 Å². The van der Waals surface area contributed by atoms with Crippen LogP contribution in [0.1, 0.15) is 66.8 Å². The molecule has 0 radical (unpaired) electrons. The minimum Gasteiger partial charge on any atom is -0.493 e. The summed E-state index contributed by atoms with van der Waals surface area (Å²) < 4.78 is 55.8. The molecule has 0 spiro atoms. The molecule has 3 aromatic rings. The van der Waals surface area contributed by atoms with Gasteiger partial charge in [0.25, 0.3) is 5.56 Å². The number of likely N-dealkylation sites (tertiary alicyclic amines) is 1. The Balaban J connectivity index is 1.69. The fourth-order valence-corrected chi connectivity index (χ4v) is 6.54. The van der Waals surface area contributed by atoms with Crippen molar-refractivity contribution in [1.82, 2.24) is 14.5 Å². The van der Waals surface area contributed by atoms with E-state index in [1.54, 1.807) is 27.7 Å². The smallest absolute Gasteiger partial charge is 0.410 e. The number of carbonyl (C=O) groups is 1. The molecule has 2 aromatic carbocycles. The molecule has 0 aliphatic carbocycles. The van der Waals surface area contributed by atoms with Crippen LogP contribution in [0.3, 0.4) is 0 Å². The van der Waals surface area contributed by atoms with Gasteiger partial charge in [0.05, 0.1) is 31.4 Å². The second-order valence-electron chi connectivity index (χ2n) is 14.7. The molecule has 1 aliphatic rings. The molecule has 4 rings (SSSR count). The average Bonchev–Trinajstić information content (AvgIpc) is 3.01. The summed E-state index contributed by atoms with van der Waals surface area (Å²) in [6, 6.07) is 5.98. The van der Waals surface area contributed by atoms with Crippen molar-refractivity contribution in [2.45, 2.75) is 90.6 Å². The quantitative estimate of drug-likeness (QED) is 0.157. The third kappa shape index (κ3) is 8.11. The Hall–Kier alpha value is -3.71. The standard InChI is InChI=1S/C35H50F2N4O6Si/c1-34(2,3)47-33(43)39-17-14-23(15-18-39)41-22-38-26-13-12-24(20-25(26)32(41)42)40(16-11-19-46-48(9,10)35(4,5)6)31-29(36)27(44-7)21-28(45-8)30(31)37/h12-13,20-23H,11,14-19H2,1-10H3. The molecule has 0 atom stereocenters. The van der Waals surface area contributed by atoms with E-state index in [4.69, 9.17) is 18.6 Å². The Morgan fingerprint density at radius 2 is 1.60 bits per heavy atom. The molecule has 0 bridgehead atoms. The molecule has 0 N–H and O–H groups in total. The predicted octanol–water partition coefficient (Wildman–Crippen LogP) is 7.81. The van der Waals surface area contributed by atoms with Gasteiger partial charge in [-0.3, -0.25) is 9.36 Å². The van der Waals surface area contributed by atoms with Crippen molar-refractivity contribution in [3.05, 3.63) is 52.6 Å². The SMILES string of the molecule is COc1cc(OC)c(F)c(N(CCCO[Si](C)(C)C(C)(C)C)c2ccc3ncn(C4CCN(C(=O)OC(C)(C)C)CC4)c(=O)c3c2)c1F. The highest BCUT2D eigenvalue weighted by molar-refractivity contribution is 6.74. The first kappa shape index (κ1) is 37.1. The van der Waals surface area contributed by atoms with Crippen molar-refractivity contribution in [3.63, 3.8) is 0 Å². The van der Waals surface area contributed by atoms with Gasteiger partial charge in [0.1, 0.15) is 11.3 Å². The van der Waals surface area contributed by atoms with Gasteiger partial charge in [0, 0.05) is 44.0 Å². The number of halogens is 2. The van der Waals surface area contributed by atoms with Crippen LogP contribution in [-0.4, -0.2) is 74.9 Å². The number of methoxy groups -OCH3 is 2. The van der Waals surface area contributed by atoms with E-state index in [0.717, 1.165) is 0 Å². The number of piperidine rings is 1. The summed E-state index contributed by atoms with van der Waals surface area (Å²) in [5.41, 5.74) is -0.367. The lowest BCUT2D eigenvalue weighted by Crippen LogP contribution is -2.43. The summed E-state index contributed by atoms with van der Waals surface area (Å²) in [5.74, 6) is -2.12. The fourth-order valence-electron chi connectivity index (χ4n) is 5.45. The van der Waals surface area contributed by atoms with Crippen LogP contribution in [0.2, 0.25) is 18.1 Å². The first-order chi connectivity index (χ1) is 22.4. The van der Waals surface area contributed by atoms with Gasteiger partial charge in [-0.25, -0.2) is 18.6 Å². The number of hydrogen-bond donors (Lipinski definition) is 0. The highest BCUT2D eigenvalue weighted by Crippen LogP contribution is 2.41. The summed E-state index contributed by atoms with van der Waals surface area (Å²) in [4.78, 5) is 34.2. The first-order valence-corrected chi connectivity index (χ1v) is 19.3. The number of anilines is 2. The number of benzene rings is 2. The van der Waals surface area contributed by atoms with Crippen molar-refractivity contribution in [3.8, 4) is 11.5 Å². The molecule has 0 saturated carbocycles. The monoisotopic (exact) mass is 688 g/mol. The lowest BCUT2D eigenvalue weighted by molar-refractivity contribution is 0.0187. The molecule has 1 amide bonds. The molecule has 264 valence electrons. The molecule has 10 nitrogen and oxygen atoms in total. The Labute approximate surface area is 283 Å². The number of ether oxygens (including phenoxy) is 3. The third-order valence-corrected chi connectivity index (χ3v) is 13.7. The van der Waals surface area contributed by atoms with E-state index >= 15 is 8.78 Å². The van der Waals surface area contributed by atoms with Crippen LogP contribution >= 0.6 is 0 Å². The molecule has 1 aromatic heterocycles. The van der Waals surface area contributed by atoms with Gasteiger partial charge in [-0.2, -0.15) is 0 Å². The van der Waals surface area contributed by atoms with E-state index in [-0.39, 0.29) is 46.5 Å². The van der Waals surface area contributed by atoms with Crippen LogP contribution in [-0.2, 0) is 9.16 Å². The van der Waals surface area contributed by atoms with Gasteiger partial charge in [-0.1, -0.05) is 20.8 Å². The lowest BCUT2D eigenvalue weighted by Gasteiger charge is -2.36. The Bertz CT molecular complexity index is 1650. The zero-order chi connectivity index (χ0) is 35.6. The van der Waals surface area contributed by atoms with Gasteiger partial charge in [-0.05, 0) is 76.4 Å². The van der Waals surface area contributed by atoms with Crippen molar-refractivity contribution >= 4 is 36.7 Å². The molecule has 13 heteroatoms. The maximum atomic E-state index is 15.9. The molecule has 1 aliphatic heterocycles. The number of hydrogen-bond acceptors (Lipinski definition) is 8. The predicted molar refractivity (Wildman–Crippen MR) is 186 cm³/mol. The first-order valence-electron chi connectivity index (χ1n) is 16.4. The highest BCUT2D eigenvalue weighted by atomic mass is 28.4. The molecule has 0 unspecified atom stereocenters. The number of nitrogens with zero attached hydrogens (tertiary/aromatic N) is 4. The van der Waals surface area contributed by atoms with Gasteiger partial charge in [-0.15, -0.1) is 0 Å². The maximum absolute atomic E-state index is 15.9. The van der Waals surface area contributed by atoms with E-state index < -0.39 is 25.6 Å².